The minimum absolute atomic E-state index is 0.0609. The molecule has 4 nitrogen and oxygen atoms in total. The Hall–Kier alpha value is -1.88. The van der Waals surface area contributed by atoms with Gasteiger partial charge in [0.25, 0.3) is 0 Å². The van der Waals surface area contributed by atoms with Crippen LogP contribution < -0.4 is 10.6 Å². The Bertz CT molecular complexity index is 634. The van der Waals surface area contributed by atoms with Crippen LogP contribution in [0.5, 0.6) is 0 Å². The molecule has 5 heteroatoms. The zero-order valence-corrected chi connectivity index (χ0v) is 12.7. The van der Waals surface area contributed by atoms with E-state index in [-0.39, 0.29) is 6.04 Å². The van der Waals surface area contributed by atoms with E-state index in [1.54, 1.807) is 6.20 Å². The molecule has 0 fully saturated rings. The molecule has 20 heavy (non-hydrogen) atoms. The molecule has 0 bridgehead atoms. The molecule has 1 aromatic heterocycles. The summed E-state index contributed by atoms with van der Waals surface area (Å²) in [5.74, 6) is 0.545. The van der Waals surface area contributed by atoms with Crippen LogP contribution in [0.1, 0.15) is 17.3 Å². The molecule has 2 aromatic rings. The van der Waals surface area contributed by atoms with Crippen molar-refractivity contribution in [3.63, 3.8) is 0 Å². The highest BCUT2D eigenvalue weighted by Gasteiger charge is 2.29. The highest BCUT2D eigenvalue weighted by Crippen LogP contribution is 2.30. The van der Waals surface area contributed by atoms with Gasteiger partial charge in [-0.1, -0.05) is 17.7 Å². The Morgan fingerprint density at radius 1 is 1.20 bits per heavy atom. The first-order valence-corrected chi connectivity index (χ1v) is 7.22. The Balaban J connectivity index is 1.96. The summed E-state index contributed by atoms with van der Waals surface area (Å²) in [6.07, 6.45) is 1.80. The van der Waals surface area contributed by atoms with Gasteiger partial charge in [0.2, 0.25) is 0 Å². The van der Waals surface area contributed by atoms with E-state index in [4.69, 9.17) is 5.73 Å². The lowest BCUT2D eigenvalue weighted by Crippen LogP contribution is -2.36. The number of anilines is 1. The van der Waals surface area contributed by atoms with Crippen molar-refractivity contribution < 1.29 is 0 Å². The molecule has 3 rings (SSSR count). The van der Waals surface area contributed by atoms with Crippen LogP contribution in [-0.2, 0) is 0 Å². The SMILES string of the molecule is Cc1ccc(N2C(N)=NCC2c2ccc(Br)cn2)cc1. The predicted molar refractivity (Wildman–Crippen MR) is 84.8 cm³/mol. The standard InChI is InChI=1S/C15H15BrN4/c1-10-2-5-12(6-3-10)20-14(9-19-15(20)17)13-7-4-11(16)8-18-13/h2-8,14H,9H2,1H3,(H2,17,19). The number of aromatic nitrogens is 1. The normalized spacial score (nSPS) is 18.2. The Morgan fingerprint density at radius 2 is 1.95 bits per heavy atom. The van der Waals surface area contributed by atoms with E-state index >= 15 is 0 Å². The van der Waals surface area contributed by atoms with Crippen LogP contribution in [0.4, 0.5) is 5.69 Å². The maximum absolute atomic E-state index is 6.05. The number of hydrogen-bond acceptors (Lipinski definition) is 4. The van der Waals surface area contributed by atoms with Crippen molar-refractivity contribution in [2.24, 2.45) is 10.7 Å². The molecule has 0 radical (unpaired) electrons. The van der Waals surface area contributed by atoms with Crippen molar-refractivity contribution in [2.45, 2.75) is 13.0 Å². The van der Waals surface area contributed by atoms with E-state index in [0.717, 1.165) is 15.9 Å². The van der Waals surface area contributed by atoms with Crippen molar-refractivity contribution >= 4 is 27.6 Å². The maximum Gasteiger partial charge on any atom is 0.196 e. The van der Waals surface area contributed by atoms with Crippen LogP contribution in [0.2, 0.25) is 0 Å². The van der Waals surface area contributed by atoms with Crippen LogP contribution in [0.3, 0.4) is 0 Å². The monoisotopic (exact) mass is 330 g/mol. The fraction of sp³-hybridized carbons (Fsp3) is 0.200. The molecule has 1 atom stereocenters. The summed E-state index contributed by atoms with van der Waals surface area (Å²) >= 11 is 3.40. The largest absolute Gasteiger partial charge is 0.369 e. The second-order valence-corrected chi connectivity index (χ2v) is 5.74. The molecule has 0 spiro atoms. The number of guanidine groups is 1. The average molecular weight is 331 g/mol. The van der Waals surface area contributed by atoms with Gasteiger partial charge in [-0.2, -0.15) is 0 Å². The van der Waals surface area contributed by atoms with Crippen LogP contribution in [0, 0.1) is 6.92 Å². The molecule has 1 aliphatic rings. The second-order valence-electron chi connectivity index (χ2n) is 4.82. The highest BCUT2D eigenvalue weighted by molar-refractivity contribution is 9.10. The molecule has 0 aliphatic carbocycles. The maximum atomic E-state index is 6.05. The molecule has 1 aromatic carbocycles. The first-order valence-electron chi connectivity index (χ1n) is 6.42. The molecular formula is C15H15BrN4. The zero-order chi connectivity index (χ0) is 14.1. The first-order chi connectivity index (χ1) is 9.65. The summed E-state index contributed by atoms with van der Waals surface area (Å²) in [5, 5.41) is 0. The molecule has 0 amide bonds. The third-order valence-electron chi connectivity index (χ3n) is 3.39. The number of halogens is 1. The first kappa shape index (κ1) is 13.1. The van der Waals surface area contributed by atoms with Crippen molar-refractivity contribution in [1.82, 2.24) is 4.98 Å². The average Bonchev–Trinajstić information content (AvgIpc) is 2.83. The van der Waals surface area contributed by atoms with Crippen LogP contribution in [0.15, 0.2) is 52.1 Å². The lowest BCUT2D eigenvalue weighted by molar-refractivity contribution is 0.739. The summed E-state index contributed by atoms with van der Waals surface area (Å²) in [6, 6.07) is 12.3. The van der Waals surface area contributed by atoms with Gasteiger partial charge in [0, 0.05) is 16.4 Å². The van der Waals surface area contributed by atoms with Gasteiger partial charge >= 0.3 is 0 Å². The minimum Gasteiger partial charge on any atom is -0.369 e. The van der Waals surface area contributed by atoms with Gasteiger partial charge in [0.1, 0.15) is 0 Å². The van der Waals surface area contributed by atoms with Gasteiger partial charge in [-0.05, 0) is 47.1 Å². The molecule has 1 aliphatic heterocycles. The lowest BCUT2D eigenvalue weighted by Gasteiger charge is -2.26. The topological polar surface area (TPSA) is 54.5 Å². The Morgan fingerprint density at radius 3 is 2.60 bits per heavy atom. The number of hydrogen-bond donors (Lipinski definition) is 1. The fourth-order valence-electron chi connectivity index (χ4n) is 2.33. The number of nitrogens with two attached hydrogens (primary N) is 1. The van der Waals surface area contributed by atoms with Gasteiger partial charge in [0.15, 0.2) is 5.96 Å². The Labute approximate surface area is 126 Å². The van der Waals surface area contributed by atoms with Gasteiger partial charge in [-0.3, -0.25) is 9.98 Å². The quantitative estimate of drug-likeness (QED) is 0.920. The highest BCUT2D eigenvalue weighted by atomic mass is 79.9. The zero-order valence-electron chi connectivity index (χ0n) is 11.1. The molecule has 2 N–H and O–H groups in total. The number of pyridine rings is 1. The van der Waals surface area contributed by atoms with E-state index in [2.05, 4.69) is 57.1 Å². The number of rotatable bonds is 2. The predicted octanol–water partition coefficient (Wildman–Crippen LogP) is 3.03. The van der Waals surface area contributed by atoms with Gasteiger partial charge in [-0.25, -0.2) is 0 Å². The smallest absolute Gasteiger partial charge is 0.196 e. The molecule has 0 saturated carbocycles. The van der Waals surface area contributed by atoms with Gasteiger partial charge < -0.3 is 10.6 Å². The summed E-state index contributed by atoms with van der Waals surface area (Å²) in [7, 11) is 0. The minimum atomic E-state index is 0.0609. The summed E-state index contributed by atoms with van der Waals surface area (Å²) in [5.41, 5.74) is 9.29. The van der Waals surface area contributed by atoms with Crippen molar-refractivity contribution in [2.75, 3.05) is 11.4 Å². The van der Waals surface area contributed by atoms with E-state index in [9.17, 15) is 0 Å². The van der Waals surface area contributed by atoms with Gasteiger partial charge in [-0.15, -0.1) is 0 Å². The Kier molecular flexibility index (Phi) is 3.44. The van der Waals surface area contributed by atoms with E-state index < -0.39 is 0 Å². The van der Waals surface area contributed by atoms with Gasteiger partial charge in [0.05, 0.1) is 18.3 Å². The number of benzene rings is 1. The van der Waals surface area contributed by atoms with E-state index in [0.29, 0.717) is 12.5 Å². The van der Waals surface area contributed by atoms with Crippen molar-refractivity contribution in [3.8, 4) is 0 Å². The van der Waals surface area contributed by atoms with Crippen LogP contribution >= 0.6 is 15.9 Å². The van der Waals surface area contributed by atoms with Crippen LogP contribution in [-0.4, -0.2) is 17.5 Å². The number of aryl methyl sites for hydroxylation is 1. The molecular weight excluding hydrogens is 316 g/mol. The van der Waals surface area contributed by atoms with E-state index in [1.807, 2.05) is 17.0 Å². The van der Waals surface area contributed by atoms with Crippen LogP contribution in [0.25, 0.3) is 0 Å². The third kappa shape index (κ3) is 2.41. The fourth-order valence-corrected chi connectivity index (χ4v) is 2.56. The number of aliphatic imine (C=N–C) groups is 1. The lowest BCUT2D eigenvalue weighted by atomic mass is 10.1. The molecule has 1 unspecified atom stereocenters. The summed E-state index contributed by atoms with van der Waals surface area (Å²) in [6.45, 7) is 2.70. The van der Waals surface area contributed by atoms with Crippen molar-refractivity contribution in [3.05, 3.63) is 58.3 Å². The van der Waals surface area contributed by atoms with E-state index in [1.165, 1.54) is 5.56 Å². The second kappa shape index (κ2) is 5.25. The molecule has 0 saturated heterocycles. The summed E-state index contributed by atoms with van der Waals surface area (Å²) in [4.78, 5) is 10.9. The summed E-state index contributed by atoms with van der Waals surface area (Å²) < 4.78 is 0.968. The van der Waals surface area contributed by atoms with Crippen molar-refractivity contribution in [1.29, 1.82) is 0 Å². The third-order valence-corrected chi connectivity index (χ3v) is 3.86. The molecule has 102 valence electrons. The molecule has 2 heterocycles. The number of nitrogens with zero attached hydrogens (tertiary/aromatic N) is 3.